The van der Waals surface area contributed by atoms with Crippen LogP contribution < -0.4 is 0 Å². The maximum atomic E-state index is 10.1. The van der Waals surface area contributed by atoms with Gasteiger partial charge in [-0.05, 0) is 38.5 Å². The molecular weight excluding hydrogens is 186 g/mol. The highest BCUT2D eigenvalue weighted by Gasteiger charge is 2.32. The molecule has 0 radical (unpaired) electrons. The van der Waals surface area contributed by atoms with Crippen LogP contribution in [0.3, 0.4) is 0 Å². The summed E-state index contributed by atoms with van der Waals surface area (Å²) in [7, 11) is 0. The number of rotatable bonds is 3. The van der Waals surface area contributed by atoms with Gasteiger partial charge in [0.25, 0.3) is 0 Å². The first-order valence-corrected chi connectivity index (χ1v) is 6.32. The molecule has 0 saturated carbocycles. The zero-order valence-corrected chi connectivity index (χ0v) is 11.0. The molecule has 2 heteroatoms. The van der Waals surface area contributed by atoms with Gasteiger partial charge in [-0.15, -0.1) is 0 Å². The second kappa shape index (κ2) is 4.84. The van der Waals surface area contributed by atoms with Gasteiger partial charge >= 0.3 is 0 Å². The monoisotopic (exact) mass is 213 g/mol. The number of piperidine rings is 1. The summed E-state index contributed by atoms with van der Waals surface area (Å²) in [5, 5.41) is 10.1. The molecule has 1 N–H and O–H groups in total. The number of nitrogens with zero attached hydrogens (tertiary/aromatic N) is 1. The van der Waals surface area contributed by atoms with E-state index in [4.69, 9.17) is 0 Å². The second-order valence-corrected chi connectivity index (χ2v) is 5.84. The molecule has 0 aromatic carbocycles. The van der Waals surface area contributed by atoms with Crippen molar-refractivity contribution in [3.63, 3.8) is 0 Å². The van der Waals surface area contributed by atoms with Gasteiger partial charge in [-0.25, -0.2) is 0 Å². The van der Waals surface area contributed by atoms with E-state index in [0.29, 0.717) is 6.04 Å². The summed E-state index contributed by atoms with van der Waals surface area (Å²) in [5.74, 6) is 1.52. The van der Waals surface area contributed by atoms with Crippen molar-refractivity contribution in [1.82, 2.24) is 4.90 Å². The lowest BCUT2D eigenvalue weighted by atomic mass is 9.85. The third-order valence-electron chi connectivity index (χ3n) is 4.03. The third-order valence-corrected chi connectivity index (χ3v) is 4.03. The van der Waals surface area contributed by atoms with Gasteiger partial charge in [0, 0.05) is 19.1 Å². The van der Waals surface area contributed by atoms with Crippen LogP contribution in [0.1, 0.15) is 47.5 Å². The molecule has 0 bridgehead atoms. The van der Waals surface area contributed by atoms with Crippen molar-refractivity contribution < 1.29 is 5.11 Å². The number of hydrogen-bond donors (Lipinski definition) is 1. The molecule has 0 aromatic rings. The Kier molecular flexibility index (Phi) is 4.19. The quantitative estimate of drug-likeness (QED) is 0.778. The van der Waals surface area contributed by atoms with Crippen LogP contribution in [-0.2, 0) is 0 Å². The lowest BCUT2D eigenvalue weighted by molar-refractivity contribution is -0.0233. The van der Waals surface area contributed by atoms with Crippen molar-refractivity contribution in [2.24, 2.45) is 11.8 Å². The molecule has 2 nitrogen and oxygen atoms in total. The van der Waals surface area contributed by atoms with Crippen LogP contribution in [0, 0.1) is 11.8 Å². The van der Waals surface area contributed by atoms with Crippen LogP contribution in [0.25, 0.3) is 0 Å². The normalized spacial score (nSPS) is 37.6. The Hall–Kier alpha value is -0.0800. The maximum Gasteiger partial charge on any atom is 0.0743 e. The standard InChI is InChI=1S/C13H27NO/c1-6-13(5,15)9-14-8-10(2)7-11(3)12(14)4/h10-12,15H,6-9H2,1-5H3. The van der Waals surface area contributed by atoms with Crippen molar-refractivity contribution in [3.8, 4) is 0 Å². The van der Waals surface area contributed by atoms with E-state index < -0.39 is 5.60 Å². The smallest absolute Gasteiger partial charge is 0.0743 e. The third kappa shape index (κ3) is 3.46. The largest absolute Gasteiger partial charge is 0.389 e. The van der Waals surface area contributed by atoms with Crippen molar-refractivity contribution in [1.29, 1.82) is 0 Å². The summed E-state index contributed by atoms with van der Waals surface area (Å²) < 4.78 is 0. The highest BCUT2D eigenvalue weighted by atomic mass is 16.3. The minimum absolute atomic E-state index is 0.523. The average Bonchev–Trinajstić information content (AvgIpc) is 2.13. The molecule has 4 unspecified atom stereocenters. The Morgan fingerprint density at radius 1 is 1.33 bits per heavy atom. The summed E-state index contributed by atoms with van der Waals surface area (Å²) in [6, 6.07) is 0.610. The first kappa shape index (κ1) is 13.0. The van der Waals surface area contributed by atoms with Gasteiger partial charge in [0.1, 0.15) is 0 Å². The molecule has 0 aromatic heterocycles. The van der Waals surface area contributed by atoms with E-state index in [0.717, 1.165) is 31.3 Å². The molecule has 15 heavy (non-hydrogen) atoms. The van der Waals surface area contributed by atoms with Crippen LogP contribution >= 0.6 is 0 Å². The summed E-state index contributed by atoms with van der Waals surface area (Å²) >= 11 is 0. The molecule has 1 saturated heterocycles. The zero-order valence-electron chi connectivity index (χ0n) is 11.0. The van der Waals surface area contributed by atoms with E-state index >= 15 is 0 Å². The number of aliphatic hydroxyl groups is 1. The number of β-amino-alcohol motifs (C(OH)–C–C–N with tert-alkyl or cyclic N) is 1. The molecule has 1 aliphatic heterocycles. The minimum Gasteiger partial charge on any atom is -0.389 e. The predicted octanol–water partition coefficient (Wildman–Crippen LogP) is 2.51. The van der Waals surface area contributed by atoms with Crippen LogP contribution in [0.4, 0.5) is 0 Å². The zero-order chi connectivity index (χ0) is 11.6. The number of likely N-dealkylation sites (tertiary alicyclic amines) is 1. The molecule has 90 valence electrons. The van der Waals surface area contributed by atoms with Gasteiger partial charge in [-0.1, -0.05) is 20.8 Å². The van der Waals surface area contributed by atoms with Gasteiger partial charge in [0.2, 0.25) is 0 Å². The maximum absolute atomic E-state index is 10.1. The molecule has 1 aliphatic rings. The summed E-state index contributed by atoms with van der Waals surface area (Å²) in [5.41, 5.74) is -0.523. The fraction of sp³-hybridized carbons (Fsp3) is 1.00. The fourth-order valence-electron chi connectivity index (χ4n) is 2.59. The molecular formula is C13H27NO. The van der Waals surface area contributed by atoms with E-state index in [2.05, 4.69) is 32.6 Å². The summed E-state index contributed by atoms with van der Waals surface area (Å²) in [6.07, 6.45) is 2.16. The van der Waals surface area contributed by atoms with Crippen molar-refractivity contribution in [2.45, 2.75) is 59.1 Å². The predicted molar refractivity (Wildman–Crippen MR) is 64.9 cm³/mol. The lowest BCUT2D eigenvalue weighted by Crippen LogP contribution is -2.51. The van der Waals surface area contributed by atoms with E-state index in [1.54, 1.807) is 0 Å². The van der Waals surface area contributed by atoms with Crippen molar-refractivity contribution in [2.75, 3.05) is 13.1 Å². The van der Waals surface area contributed by atoms with Crippen molar-refractivity contribution in [3.05, 3.63) is 0 Å². The lowest BCUT2D eigenvalue weighted by Gasteiger charge is -2.43. The van der Waals surface area contributed by atoms with E-state index in [9.17, 15) is 5.11 Å². The Morgan fingerprint density at radius 3 is 2.47 bits per heavy atom. The SMILES string of the molecule is CCC(C)(O)CN1CC(C)CC(C)C1C. The molecule has 1 rings (SSSR count). The highest BCUT2D eigenvalue weighted by Crippen LogP contribution is 2.28. The van der Waals surface area contributed by atoms with Gasteiger partial charge in [0.05, 0.1) is 5.60 Å². The van der Waals surface area contributed by atoms with Crippen LogP contribution in [0.15, 0.2) is 0 Å². The van der Waals surface area contributed by atoms with Gasteiger partial charge < -0.3 is 5.11 Å². The number of hydrogen-bond acceptors (Lipinski definition) is 2. The Morgan fingerprint density at radius 2 is 1.93 bits per heavy atom. The molecule has 0 amide bonds. The van der Waals surface area contributed by atoms with Crippen molar-refractivity contribution >= 4 is 0 Å². The summed E-state index contributed by atoms with van der Waals surface area (Å²) in [4.78, 5) is 2.46. The first-order chi connectivity index (χ1) is 6.85. The van der Waals surface area contributed by atoms with Crippen LogP contribution in [0.2, 0.25) is 0 Å². The topological polar surface area (TPSA) is 23.5 Å². The summed E-state index contributed by atoms with van der Waals surface area (Å²) in [6.45, 7) is 12.9. The minimum atomic E-state index is -0.523. The molecule has 1 heterocycles. The molecule has 0 spiro atoms. The van der Waals surface area contributed by atoms with E-state index in [-0.39, 0.29) is 0 Å². The van der Waals surface area contributed by atoms with Gasteiger partial charge in [0.15, 0.2) is 0 Å². The highest BCUT2D eigenvalue weighted by molar-refractivity contribution is 4.86. The van der Waals surface area contributed by atoms with Gasteiger partial charge in [-0.3, -0.25) is 4.90 Å². The molecule has 1 fully saturated rings. The average molecular weight is 213 g/mol. The Bertz CT molecular complexity index is 203. The van der Waals surface area contributed by atoms with Crippen LogP contribution in [-0.4, -0.2) is 34.7 Å². The first-order valence-electron chi connectivity index (χ1n) is 6.32. The fourth-order valence-corrected chi connectivity index (χ4v) is 2.59. The molecule has 0 aliphatic carbocycles. The van der Waals surface area contributed by atoms with Crippen LogP contribution in [0.5, 0.6) is 0 Å². The second-order valence-electron chi connectivity index (χ2n) is 5.84. The Labute approximate surface area is 94.7 Å². The van der Waals surface area contributed by atoms with E-state index in [1.165, 1.54) is 6.42 Å². The Balaban J connectivity index is 2.59. The molecule has 4 atom stereocenters. The van der Waals surface area contributed by atoms with Gasteiger partial charge in [-0.2, -0.15) is 0 Å². The van der Waals surface area contributed by atoms with E-state index in [1.807, 2.05) is 6.92 Å².